The Morgan fingerprint density at radius 2 is 0.510 bits per heavy atom. The highest BCUT2D eigenvalue weighted by Crippen LogP contribution is 2.45. The number of allylic oxidation sites excluding steroid dienone is 20. The fourth-order valence-electron chi connectivity index (χ4n) is 10.4. The number of esters is 4. The van der Waals surface area contributed by atoms with Crippen LogP contribution in [0.3, 0.4) is 0 Å². The summed E-state index contributed by atoms with van der Waals surface area (Å²) in [5, 5.41) is 10.6. The molecule has 0 aromatic heterocycles. The third-order valence-electron chi connectivity index (χ3n) is 16.4. The van der Waals surface area contributed by atoms with Crippen LogP contribution in [0.25, 0.3) is 0 Å². The summed E-state index contributed by atoms with van der Waals surface area (Å²) < 4.78 is 68.6. The zero-order valence-corrected chi connectivity index (χ0v) is 65.8. The second-order valence-electron chi connectivity index (χ2n) is 26.2. The molecule has 17 nitrogen and oxygen atoms in total. The summed E-state index contributed by atoms with van der Waals surface area (Å²) in [5.74, 6) is -2.22. The van der Waals surface area contributed by atoms with Crippen LogP contribution < -0.4 is 0 Å². The number of unbranched alkanes of at least 4 members (excludes halogenated alkanes) is 28. The third-order valence-corrected chi connectivity index (χ3v) is 18.3. The molecule has 0 radical (unpaired) electrons. The quantitative estimate of drug-likeness (QED) is 0.0169. The van der Waals surface area contributed by atoms with E-state index in [0.29, 0.717) is 25.7 Å². The summed E-state index contributed by atoms with van der Waals surface area (Å²) in [7, 11) is -9.97. The Bertz CT molecular complexity index is 2410. The molecule has 0 amide bonds. The molecule has 0 heterocycles. The number of rotatable bonds is 74. The van der Waals surface area contributed by atoms with Crippen LogP contribution in [0.5, 0.6) is 0 Å². The number of phosphoric ester groups is 2. The summed E-state index contributed by atoms with van der Waals surface area (Å²) in [6.45, 7) is 4.50. The van der Waals surface area contributed by atoms with Gasteiger partial charge in [0.05, 0.1) is 26.4 Å². The molecule has 0 spiro atoms. The standard InChI is InChI=1S/C83H142O17P2/c1-5-9-13-17-21-25-29-33-37-38-42-44-48-52-56-60-64-68-81(86)94-74-79(100-83(88)70-66-62-58-54-50-46-41-36-32-28-24-20-16-12-8-4)76-98-102(91,92)96-72-77(84)71-95-101(89,90)97-75-78(99-82(87)69-65-61-57-53-49-45-40-35-31-27-23-19-15-11-7-3)73-93-80(85)67-63-59-55-51-47-43-39-34-30-26-22-18-14-10-6-2/h9-10,12-14,16,21-22,24-26,28,33-37,39-41,77-79,84H,5-8,11,15,17-20,23,27,29-32,38,42-76H2,1-4H3,(H,89,90)(H,91,92)/b13-9-,14-10-,16-12-,25-21-,26-22-,28-24-,37-33-,39-34-,40-35-,41-36-. The van der Waals surface area contributed by atoms with Gasteiger partial charge in [0, 0.05) is 25.7 Å². The summed E-state index contributed by atoms with van der Waals surface area (Å²) in [5.41, 5.74) is 0. The Morgan fingerprint density at radius 1 is 0.284 bits per heavy atom. The molecule has 0 aromatic carbocycles. The van der Waals surface area contributed by atoms with Crippen LogP contribution in [0.4, 0.5) is 0 Å². The molecule has 586 valence electrons. The van der Waals surface area contributed by atoms with Gasteiger partial charge in [-0.1, -0.05) is 271 Å². The SMILES string of the molecule is CC/C=C\C/C=C\C/C=C\CCCCCCCCCC(=O)OCC(COP(=O)(O)OCC(O)COP(=O)(O)OCC(COC(=O)CCCCCCC/C=C\C/C=C\C/C=C\CC)OC(=O)CCCCCCC/C=C\CCCCCCCC)OC(=O)CCCCCCC/C=C\C/C=C\C/C=C\CC. The zero-order valence-electron chi connectivity index (χ0n) is 64.0. The van der Waals surface area contributed by atoms with Crippen molar-refractivity contribution >= 4 is 39.5 Å². The molecule has 102 heavy (non-hydrogen) atoms. The van der Waals surface area contributed by atoms with Crippen molar-refractivity contribution in [3.8, 4) is 0 Å². The van der Waals surface area contributed by atoms with E-state index in [1.54, 1.807) is 0 Å². The highest BCUT2D eigenvalue weighted by molar-refractivity contribution is 7.47. The highest BCUT2D eigenvalue weighted by Gasteiger charge is 2.30. The van der Waals surface area contributed by atoms with Crippen LogP contribution in [-0.2, 0) is 65.4 Å². The first kappa shape index (κ1) is 97.5. The Labute approximate surface area is 619 Å². The van der Waals surface area contributed by atoms with Crippen LogP contribution in [0, 0.1) is 0 Å². The van der Waals surface area contributed by atoms with Gasteiger partial charge in [-0.2, -0.15) is 0 Å². The van der Waals surface area contributed by atoms with Crippen molar-refractivity contribution in [1.82, 2.24) is 0 Å². The topological polar surface area (TPSA) is 237 Å². The minimum atomic E-state index is -4.99. The number of aliphatic hydroxyl groups is 1. The van der Waals surface area contributed by atoms with Gasteiger partial charge in [0.2, 0.25) is 0 Å². The molecule has 0 fully saturated rings. The van der Waals surface area contributed by atoms with Crippen LogP contribution >= 0.6 is 15.6 Å². The smallest absolute Gasteiger partial charge is 0.462 e. The second kappa shape index (κ2) is 74.7. The first-order valence-corrected chi connectivity index (χ1v) is 42.8. The molecule has 19 heteroatoms. The lowest BCUT2D eigenvalue weighted by Crippen LogP contribution is -2.30. The molecule has 0 bridgehead atoms. The molecule has 0 aliphatic carbocycles. The van der Waals surface area contributed by atoms with Gasteiger partial charge in [0.25, 0.3) is 0 Å². The minimum Gasteiger partial charge on any atom is -0.462 e. The molecule has 0 aliphatic heterocycles. The van der Waals surface area contributed by atoms with Crippen LogP contribution in [-0.4, -0.2) is 96.7 Å². The van der Waals surface area contributed by atoms with E-state index >= 15 is 0 Å². The maximum atomic E-state index is 13.1. The number of carbonyl (C=O) groups excluding carboxylic acids is 4. The molecule has 0 aromatic rings. The Hall–Kier alpha value is -4.54. The van der Waals surface area contributed by atoms with E-state index in [-0.39, 0.29) is 25.7 Å². The monoisotopic (exact) mass is 1470 g/mol. The predicted molar refractivity (Wildman–Crippen MR) is 418 cm³/mol. The maximum Gasteiger partial charge on any atom is 0.472 e. The van der Waals surface area contributed by atoms with E-state index in [2.05, 4.69) is 149 Å². The normalized spacial score (nSPS) is 14.5. The van der Waals surface area contributed by atoms with Crippen molar-refractivity contribution in [3.63, 3.8) is 0 Å². The average Bonchev–Trinajstić information content (AvgIpc) is 0.923. The minimum absolute atomic E-state index is 0.0709. The fourth-order valence-corrected chi connectivity index (χ4v) is 12.0. The second-order valence-corrected chi connectivity index (χ2v) is 29.1. The van der Waals surface area contributed by atoms with E-state index in [9.17, 15) is 43.2 Å². The molecule has 0 saturated heterocycles. The van der Waals surface area contributed by atoms with Gasteiger partial charge in [-0.15, -0.1) is 0 Å². The van der Waals surface area contributed by atoms with Gasteiger partial charge >= 0.3 is 39.5 Å². The number of hydrogen-bond donors (Lipinski definition) is 3. The van der Waals surface area contributed by atoms with E-state index in [1.165, 1.54) is 38.5 Å². The van der Waals surface area contributed by atoms with Gasteiger partial charge in [0.1, 0.15) is 19.3 Å². The maximum absolute atomic E-state index is 13.1. The molecule has 0 aliphatic rings. The van der Waals surface area contributed by atoms with Crippen molar-refractivity contribution in [2.45, 2.75) is 341 Å². The van der Waals surface area contributed by atoms with Gasteiger partial charge in [-0.3, -0.25) is 37.3 Å². The number of phosphoric acid groups is 2. The summed E-state index contributed by atoms with van der Waals surface area (Å²) in [4.78, 5) is 73.0. The van der Waals surface area contributed by atoms with E-state index in [1.807, 2.05) is 0 Å². The van der Waals surface area contributed by atoms with Crippen LogP contribution in [0.15, 0.2) is 122 Å². The van der Waals surface area contributed by atoms with Crippen molar-refractivity contribution in [1.29, 1.82) is 0 Å². The molecule has 3 N–H and O–H groups in total. The van der Waals surface area contributed by atoms with Gasteiger partial charge in [-0.05, 0) is 148 Å². The Morgan fingerprint density at radius 3 is 0.794 bits per heavy atom. The molecule has 0 saturated carbocycles. The molecular weight excluding hydrogens is 1330 g/mol. The average molecular weight is 1470 g/mol. The number of ether oxygens (including phenoxy) is 4. The highest BCUT2D eigenvalue weighted by atomic mass is 31.2. The number of hydrogen-bond acceptors (Lipinski definition) is 15. The van der Waals surface area contributed by atoms with Crippen LogP contribution in [0.2, 0.25) is 0 Å². The van der Waals surface area contributed by atoms with Gasteiger partial charge < -0.3 is 33.8 Å². The molecular formula is C83H142O17P2. The first-order valence-electron chi connectivity index (χ1n) is 39.8. The van der Waals surface area contributed by atoms with E-state index in [0.717, 1.165) is 205 Å². The third kappa shape index (κ3) is 73.8. The summed E-state index contributed by atoms with van der Waals surface area (Å²) in [6, 6.07) is 0. The lowest BCUT2D eigenvalue weighted by molar-refractivity contribution is -0.161. The lowest BCUT2D eigenvalue weighted by atomic mass is 10.1. The van der Waals surface area contributed by atoms with Crippen molar-refractivity contribution in [2.75, 3.05) is 39.6 Å². The van der Waals surface area contributed by atoms with Gasteiger partial charge in [-0.25, -0.2) is 9.13 Å². The largest absolute Gasteiger partial charge is 0.472 e. The number of aliphatic hydroxyl groups excluding tert-OH is 1. The Balaban J connectivity index is 5.39. The predicted octanol–water partition coefficient (Wildman–Crippen LogP) is 23.1. The summed E-state index contributed by atoms with van der Waals surface area (Å²) >= 11 is 0. The van der Waals surface area contributed by atoms with Crippen LogP contribution in [0.1, 0.15) is 323 Å². The number of carbonyl (C=O) groups is 4. The van der Waals surface area contributed by atoms with Crippen molar-refractivity contribution in [3.05, 3.63) is 122 Å². The first-order chi connectivity index (χ1) is 49.7. The molecule has 5 atom stereocenters. The lowest BCUT2D eigenvalue weighted by Gasteiger charge is -2.21. The zero-order chi connectivity index (χ0) is 74.6. The van der Waals surface area contributed by atoms with E-state index in [4.69, 9.17) is 37.0 Å². The molecule has 0 rings (SSSR count). The van der Waals surface area contributed by atoms with E-state index < -0.39 is 97.5 Å². The van der Waals surface area contributed by atoms with Crippen molar-refractivity contribution < 1.29 is 80.2 Å². The van der Waals surface area contributed by atoms with Gasteiger partial charge in [0.15, 0.2) is 12.2 Å². The fraction of sp³-hybridized carbons (Fsp3) is 0.711. The van der Waals surface area contributed by atoms with Crippen molar-refractivity contribution in [2.24, 2.45) is 0 Å². The summed E-state index contributed by atoms with van der Waals surface area (Å²) in [6.07, 6.45) is 81.7. The molecule has 5 unspecified atom stereocenters. The Kier molecular flexibility index (Phi) is 71.4.